The molecule has 0 saturated carbocycles. The van der Waals surface area contributed by atoms with Crippen molar-refractivity contribution in [1.82, 2.24) is 9.55 Å². The number of rotatable bonds is 8. The lowest BCUT2D eigenvalue weighted by Crippen LogP contribution is -2.24. The van der Waals surface area contributed by atoms with Crippen LogP contribution in [0.25, 0.3) is 10.9 Å². The van der Waals surface area contributed by atoms with E-state index in [1.165, 1.54) is 5.56 Å². The number of hydrogen-bond donors (Lipinski definition) is 0. The summed E-state index contributed by atoms with van der Waals surface area (Å²) in [4.78, 5) is 17.6. The molecule has 0 saturated heterocycles. The molecule has 0 fully saturated rings. The summed E-state index contributed by atoms with van der Waals surface area (Å²) in [5, 5.41) is 1.91. The van der Waals surface area contributed by atoms with Crippen molar-refractivity contribution in [3.8, 4) is 0 Å². The molecule has 26 heavy (non-hydrogen) atoms. The predicted octanol–water partition coefficient (Wildman–Crippen LogP) is 4.42. The Morgan fingerprint density at radius 3 is 2.77 bits per heavy atom. The molecule has 0 aliphatic carbocycles. The molecule has 3 rings (SSSR count). The number of ether oxygens (including phenoxy) is 1. The minimum absolute atomic E-state index is 0.0232. The Hall–Kier alpha value is -1.82. The van der Waals surface area contributed by atoms with E-state index in [1.807, 2.05) is 18.2 Å². The van der Waals surface area contributed by atoms with E-state index in [0.717, 1.165) is 23.8 Å². The van der Waals surface area contributed by atoms with E-state index >= 15 is 0 Å². The number of nitrogens with zero attached hydrogens (tertiary/aromatic N) is 2. The second kappa shape index (κ2) is 9.21. The Morgan fingerprint density at radius 2 is 2.00 bits per heavy atom. The Balaban J connectivity index is 1.87. The van der Waals surface area contributed by atoms with Crippen molar-refractivity contribution < 1.29 is 4.74 Å². The maximum absolute atomic E-state index is 12.9. The summed E-state index contributed by atoms with van der Waals surface area (Å²) < 4.78 is 6.88. The van der Waals surface area contributed by atoms with Crippen molar-refractivity contribution in [1.29, 1.82) is 0 Å². The second-order valence-electron chi connectivity index (χ2n) is 5.94. The fourth-order valence-electron chi connectivity index (χ4n) is 2.75. The molecular weight excluding hydrogens is 368 g/mol. The summed E-state index contributed by atoms with van der Waals surface area (Å²) in [7, 11) is 1.67. The molecule has 0 N–H and O–H groups in total. The molecular formula is C20H21ClN2O2S. The van der Waals surface area contributed by atoms with Crippen LogP contribution in [0.1, 0.15) is 12.0 Å². The summed E-state index contributed by atoms with van der Waals surface area (Å²) in [5.74, 6) is 0.854. The topological polar surface area (TPSA) is 44.1 Å². The molecule has 1 aromatic heterocycles. The van der Waals surface area contributed by atoms with E-state index in [9.17, 15) is 4.79 Å². The van der Waals surface area contributed by atoms with Gasteiger partial charge in [0, 0.05) is 31.0 Å². The lowest BCUT2D eigenvalue weighted by Gasteiger charge is -2.13. The number of aromatic nitrogens is 2. The van der Waals surface area contributed by atoms with Gasteiger partial charge in [-0.15, -0.1) is 0 Å². The van der Waals surface area contributed by atoms with Gasteiger partial charge in [-0.05, 0) is 36.6 Å². The molecule has 0 aliphatic rings. The van der Waals surface area contributed by atoms with Crippen molar-refractivity contribution in [3.63, 3.8) is 0 Å². The average molecular weight is 389 g/mol. The molecule has 2 aromatic carbocycles. The van der Waals surface area contributed by atoms with E-state index in [0.29, 0.717) is 29.1 Å². The molecule has 0 aliphatic heterocycles. The minimum atomic E-state index is -0.0232. The van der Waals surface area contributed by atoms with Gasteiger partial charge in [-0.1, -0.05) is 53.7 Å². The molecule has 0 radical (unpaired) electrons. The molecule has 4 nitrogen and oxygen atoms in total. The lowest BCUT2D eigenvalue weighted by atomic mass is 10.2. The van der Waals surface area contributed by atoms with E-state index in [-0.39, 0.29) is 5.56 Å². The van der Waals surface area contributed by atoms with Gasteiger partial charge in [0.25, 0.3) is 5.56 Å². The summed E-state index contributed by atoms with van der Waals surface area (Å²) >= 11 is 7.68. The van der Waals surface area contributed by atoms with Crippen molar-refractivity contribution in [2.24, 2.45) is 0 Å². The van der Waals surface area contributed by atoms with Crippen LogP contribution in [-0.2, 0) is 17.7 Å². The standard InChI is InChI=1S/C20H21ClN2O2S/c1-25-12-5-11-23-19(24)17-9-8-16(21)14-18(17)22-20(23)26-13-10-15-6-3-2-4-7-15/h2-4,6-9,14H,5,10-13H2,1H3. The SMILES string of the molecule is COCCCn1c(SCCc2ccccc2)nc2cc(Cl)ccc2c1=O. The van der Waals surface area contributed by atoms with Crippen molar-refractivity contribution in [3.05, 3.63) is 69.5 Å². The number of hydrogen-bond acceptors (Lipinski definition) is 4. The monoisotopic (exact) mass is 388 g/mol. The number of halogens is 1. The average Bonchev–Trinajstić information content (AvgIpc) is 2.65. The molecule has 6 heteroatoms. The molecule has 0 spiro atoms. The highest BCUT2D eigenvalue weighted by molar-refractivity contribution is 7.99. The minimum Gasteiger partial charge on any atom is -0.385 e. The molecule has 1 heterocycles. The fourth-order valence-corrected chi connectivity index (χ4v) is 3.93. The fraction of sp³-hybridized carbons (Fsp3) is 0.300. The van der Waals surface area contributed by atoms with Gasteiger partial charge in [0.05, 0.1) is 10.9 Å². The maximum Gasteiger partial charge on any atom is 0.262 e. The lowest BCUT2D eigenvalue weighted by molar-refractivity contribution is 0.189. The molecule has 3 aromatic rings. The highest BCUT2D eigenvalue weighted by Gasteiger charge is 2.12. The zero-order valence-corrected chi connectivity index (χ0v) is 16.2. The van der Waals surface area contributed by atoms with Crippen molar-refractivity contribution >= 4 is 34.3 Å². The van der Waals surface area contributed by atoms with E-state index in [1.54, 1.807) is 41.6 Å². The highest BCUT2D eigenvalue weighted by Crippen LogP contribution is 2.21. The van der Waals surface area contributed by atoms with Crippen LogP contribution in [0.15, 0.2) is 58.5 Å². The first-order valence-electron chi connectivity index (χ1n) is 8.55. The van der Waals surface area contributed by atoms with Gasteiger partial charge < -0.3 is 4.74 Å². The Bertz CT molecular complexity index is 928. The first-order chi connectivity index (χ1) is 12.7. The normalized spacial score (nSPS) is 11.2. The van der Waals surface area contributed by atoms with Gasteiger partial charge in [-0.2, -0.15) is 0 Å². The zero-order valence-electron chi connectivity index (χ0n) is 14.7. The molecule has 0 amide bonds. The summed E-state index contributed by atoms with van der Waals surface area (Å²) in [6.45, 7) is 1.20. The largest absolute Gasteiger partial charge is 0.385 e. The van der Waals surface area contributed by atoms with Crippen LogP contribution in [0, 0.1) is 0 Å². The van der Waals surface area contributed by atoms with E-state index in [4.69, 9.17) is 21.3 Å². The molecule has 136 valence electrons. The number of aryl methyl sites for hydroxylation is 1. The smallest absolute Gasteiger partial charge is 0.262 e. The van der Waals surface area contributed by atoms with Gasteiger partial charge >= 0.3 is 0 Å². The van der Waals surface area contributed by atoms with Gasteiger partial charge in [0.15, 0.2) is 5.16 Å². The predicted molar refractivity (Wildman–Crippen MR) is 108 cm³/mol. The van der Waals surface area contributed by atoms with Gasteiger partial charge in [-0.25, -0.2) is 4.98 Å². The zero-order chi connectivity index (χ0) is 18.4. The van der Waals surface area contributed by atoms with Crippen LogP contribution in [0.5, 0.6) is 0 Å². The Morgan fingerprint density at radius 1 is 1.19 bits per heavy atom. The first-order valence-corrected chi connectivity index (χ1v) is 9.91. The Kier molecular flexibility index (Phi) is 6.72. The first kappa shape index (κ1) is 19.0. The third-order valence-electron chi connectivity index (χ3n) is 4.08. The van der Waals surface area contributed by atoms with E-state index < -0.39 is 0 Å². The van der Waals surface area contributed by atoms with Crippen molar-refractivity contribution in [2.75, 3.05) is 19.5 Å². The van der Waals surface area contributed by atoms with E-state index in [2.05, 4.69) is 12.1 Å². The molecule has 0 unspecified atom stereocenters. The number of thioether (sulfide) groups is 1. The summed E-state index contributed by atoms with van der Waals surface area (Å²) in [6.07, 6.45) is 1.69. The highest BCUT2D eigenvalue weighted by atomic mass is 35.5. The number of methoxy groups -OCH3 is 1. The third-order valence-corrected chi connectivity index (χ3v) is 5.29. The quantitative estimate of drug-likeness (QED) is 0.325. The summed E-state index contributed by atoms with van der Waals surface area (Å²) in [6, 6.07) is 15.5. The Labute approximate surface area is 162 Å². The number of fused-ring (bicyclic) bond motifs is 1. The molecule has 0 atom stereocenters. The molecule has 0 bridgehead atoms. The van der Waals surface area contributed by atoms with Crippen LogP contribution in [0.4, 0.5) is 0 Å². The summed E-state index contributed by atoms with van der Waals surface area (Å²) in [5.41, 5.74) is 1.90. The van der Waals surface area contributed by atoms with Crippen LogP contribution < -0.4 is 5.56 Å². The second-order valence-corrected chi connectivity index (χ2v) is 7.44. The van der Waals surface area contributed by atoms with Gasteiger partial charge in [-0.3, -0.25) is 9.36 Å². The van der Waals surface area contributed by atoms with Crippen LogP contribution >= 0.6 is 23.4 Å². The van der Waals surface area contributed by atoms with Crippen LogP contribution in [0.2, 0.25) is 5.02 Å². The van der Waals surface area contributed by atoms with Crippen LogP contribution in [-0.4, -0.2) is 29.0 Å². The van der Waals surface area contributed by atoms with Crippen molar-refractivity contribution in [2.45, 2.75) is 24.5 Å². The van der Waals surface area contributed by atoms with Gasteiger partial charge in [0.2, 0.25) is 0 Å². The number of benzene rings is 2. The van der Waals surface area contributed by atoms with Gasteiger partial charge in [0.1, 0.15) is 0 Å². The maximum atomic E-state index is 12.9. The van der Waals surface area contributed by atoms with Crippen LogP contribution in [0.3, 0.4) is 0 Å². The third kappa shape index (κ3) is 4.67.